The number of benzene rings is 1. The van der Waals surface area contributed by atoms with Crippen molar-refractivity contribution in [3.8, 4) is 5.75 Å². The van der Waals surface area contributed by atoms with E-state index in [0.717, 1.165) is 27.0 Å². The number of hydrogen-bond acceptors (Lipinski definition) is 7. The van der Waals surface area contributed by atoms with Gasteiger partial charge < -0.3 is 9.84 Å². The number of ether oxygens (including phenoxy) is 1. The van der Waals surface area contributed by atoms with Gasteiger partial charge in [0, 0.05) is 15.2 Å². The number of phenols is 1. The Morgan fingerprint density at radius 2 is 2.22 bits per heavy atom. The molecule has 0 aliphatic carbocycles. The lowest BCUT2D eigenvalue weighted by Gasteiger charge is -2.03. The summed E-state index contributed by atoms with van der Waals surface area (Å²) >= 11 is 3.12. The number of hydrogen-bond donors (Lipinski definition) is 2. The average Bonchev–Trinajstić information content (AvgIpc) is 2.84. The molecule has 9 heteroatoms. The van der Waals surface area contributed by atoms with Crippen molar-refractivity contribution < 1.29 is 19.4 Å². The van der Waals surface area contributed by atoms with Crippen LogP contribution in [0, 0.1) is 10.5 Å². The predicted molar refractivity (Wildman–Crippen MR) is 96.4 cm³/mol. The highest BCUT2D eigenvalue weighted by Crippen LogP contribution is 2.25. The molecule has 0 radical (unpaired) electrons. The van der Waals surface area contributed by atoms with Gasteiger partial charge in [0.2, 0.25) is 0 Å². The average molecular weight is 445 g/mol. The molecule has 0 bridgehead atoms. The number of halogens is 1. The summed E-state index contributed by atoms with van der Waals surface area (Å²) in [6.07, 6.45) is 2.48. The van der Waals surface area contributed by atoms with Gasteiger partial charge >= 0.3 is 5.97 Å². The van der Waals surface area contributed by atoms with Crippen LogP contribution in [0.5, 0.6) is 5.75 Å². The second kappa shape index (κ2) is 7.59. The first-order valence-electron chi connectivity index (χ1n) is 6.29. The quantitative estimate of drug-likeness (QED) is 0.244. The summed E-state index contributed by atoms with van der Waals surface area (Å²) in [4.78, 5) is 22.9. The lowest BCUT2D eigenvalue weighted by Crippen LogP contribution is -2.19. The molecule has 1 aliphatic rings. The molecule has 1 saturated heterocycles. The van der Waals surface area contributed by atoms with Gasteiger partial charge in [-0.1, -0.05) is 0 Å². The normalized spacial score (nSPS) is 18.0. The maximum atomic E-state index is 11.6. The van der Waals surface area contributed by atoms with Crippen molar-refractivity contribution in [2.75, 3.05) is 7.11 Å². The van der Waals surface area contributed by atoms with Gasteiger partial charge in [-0.3, -0.25) is 10.1 Å². The van der Waals surface area contributed by atoms with Gasteiger partial charge in [-0.15, -0.1) is 5.10 Å². The van der Waals surface area contributed by atoms with Crippen LogP contribution in [0.4, 0.5) is 0 Å². The van der Waals surface area contributed by atoms with E-state index in [4.69, 9.17) is 0 Å². The first kappa shape index (κ1) is 17.5. The van der Waals surface area contributed by atoms with Crippen LogP contribution in [0.1, 0.15) is 11.1 Å². The molecule has 2 rings (SSSR count). The van der Waals surface area contributed by atoms with Gasteiger partial charge in [-0.05, 0) is 59.0 Å². The van der Waals surface area contributed by atoms with E-state index in [-0.39, 0.29) is 15.8 Å². The van der Waals surface area contributed by atoms with E-state index < -0.39 is 11.9 Å². The van der Waals surface area contributed by atoms with Gasteiger partial charge in [0.1, 0.15) is 5.75 Å². The lowest BCUT2D eigenvalue weighted by atomic mass is 10.1. The van der Waals surface area contributed by atoms with Crippen molar-refractivity contribution in [3.05, 3.63) is 37.8 Å². The molecule has 120 valence electrons. The van der Waals surface area contributed by atoms with Crippen molar-refractivity contribution in [2.24, 2.45) is 10.2 Å². The number of carbonyl (C=O) groups excluding carboxylic acids is 2. The van der Waals surface area contributed by atoms with Crippen LogP contribution in [0.2, 0.25) is 0 Å². The summed E-state index contributed by atoms with van der Waals surface area (Å²) < 4.78 is 5.42. The van der Waals surface area contributed by atoms with Gasteiger partial charge in [0.15, 0.2) is 5.17 Å². The van der Waals surface area contributed by atoms with Gasteiger partial charge in [0.05, 0.1) is 18.2 Å². The van der Waals surface area contributed by atoms with Crippen LogP contribution < -0.4 is 5.32 Å². The van der Waals surface area contributed by atoms with Gasteiger partial charge in [-0.2, -0.15) is 5.10 Å². The van der Waals surface area contributed by atoms with Crippen molar-refractivity contribution in [1.29, 1.82) is 0 Å². The molecule has 0 unspecified atom stereocenters. The maximum Gasteiger partial charge on any atom is 0.331 e. The summed E-state index contributed by atoms with van der Waals surface area (Å²) in [5.74, 6) is -0.933. The van der Waals surface area contributed by atoms with Crippen molar-refractivity contribution >= 4 is 57.6 Å². The molecule has 1 aliphatic heterocycles. The number of aromatic hydroxyl groups is 1. The SMILES string of the molecule is COC(=O)/C=C1/S/C(=N\N=Cc2cc(I)cc(C)c2O)NC1=O. The topological polar surface area (TPSA) is 100 Å². The number of methoxy groups -OCH3 is 1. The van der Waals surface area contributed by atoms with Crippen LogP contribution >= 0.6 is 34.4 Å². The van der Waals surface area contributed by atoms with Crippen LogP contribution in [0.25, 0.3) is 0 Å². The fraction of sp³-hybridized carbons (Fsp3) is 0.143. The highest BCUT2D eigenvalue weighted by molar-refractivity contribution is 14.1. The second-order valence-corrected chi connectivity index (χ2v) is 6.67. The van der Waals surface area contributed by atoms with Crippen LogP contribution in [0.15, 0.2) is 33.3 Å². The molecule has 0 aromatic heterocycles. The number of nitrogens with zero attached hydrogens (tertiary/aromatic N) is 2. The minimum Gasteiger partial charge on any atom is -0.507 e. The molecule has 0 spiro atoms. The van der Waals surface area contributed by atoms with Crippen molar-refractivity contribution in [2.45, 2.75) is 6.92 Å². The van der Waals surface area contributed by atoms with Crippen molar-refractivity contribution in [3.63, 3.8) is 0 Å². The number of aryl methyl sites for hydroxylation is 1. The number of esters is 1. The molecular weight excluding hydrogens is 433 g/mol. The van der Waals surface area contributed by atoms with E-state index in [1.165, 1.54) is 13.3 Å². The van der Waals surface area contributed by atoms with Crippen molar-refractivity contribution in [1.82, 2.24) is 5.32 Å². The van der Waals surface area contributed by atoms with E-state index >= 15 is 0 Å². The van der Waals surface area contributed by atoms with Crippen LogP contribution in [0.3, 0.4) is 0 Å². The van der Waals surface area contributed by atoms with Crippen LogP contribution in [-0.4, -0.2) is 35.5 Å². The Morgan fingerprint density at radius 1 is 1.48 bits per heavy atom. The van der Waals surface area contributed by atoms with E-state index in [1.807, 2.05) is 6.07 Å². The molecule has 0 atom stereocenters. The molecule has 1 fully saturated rings. The zero-order valence-corrected chi connectivity index (χ0v) is 15.1. The second-order valence-electron chi connectivity index (χ2n) is 4.40. The molecule has 7 nitrogen and oxygen atoms in total. The Balaban J connectivity index is 2.14. The molecule has 1 aromatic rings. The van der Waals surface area contributed by atoms with Crippen LogP contribution in [-0.2, 0) is 14.3 Å². The Bertz CT molecular complexity index is 759. The number of rotatable bonds is 3. The summed E-state index contributed by atoms with van der Waals surface area (Å²) in [7, 11) is 1.23. The summed E-state index contributed by atoms with van der Waals surface area (Å²) in [6, 6.07) is 3.60. The van der Waals surface area contributed by atoms with Gasteiger partial charge in [0.25, 0.3) is 5.91 Å². The zero-order chi connectivity index (χ0) is 17.0. The number of amides is 1. The van der Waals surface area contributed by atoms with Gasteiger partial charge in [-0.25, -0.2) is 4.79 Å². The number of carbonyl (C=O) groups is 2. The fourth-order valence-electron chi connectivity index (χ4n) is 1.64. The Kier molecular flexibility index (Phi) is 5.77. The molecule has 1 aromatic carbocycles. The monoisotopic (exact) mass is 445 g/mol. The third-order valence-corrected chi connectivity index (χ3v) is 4.26. The number of amidine groups is 1. The first-order valence-corrected chi connectivity index (χ1v) is 8.19. The molecule has 23 heavy (non-hydrogen) atoms. The Labute approximate surface area is 150 Å². The number of thioether (sulfide) groups is 1. The number of nitrogens with one attached hydrogen (secondary N) is 1. The zero-order valence-electron chi connectivity index (χ0n) is 12.2. The highest BCUT2D eigenvalue weighted by Gasteiger charge is 2.24. The third-order valence-electron chi connectivity index (χ3n) is 2.74. The smallest absolute Gasteiger partial charge is 0.331 e. The predicted octanol–water partition coefficient (Wildman–Crippen LogP) is 1.92. The fourth-order valence-corrected chi connectivity index (χ4v) is 3.19. The minimum atomic E-state index is -0.619. The molecular formula is C14H12IN3O4S. The van der Waals surface area contributed by atoms with E-state index in [9.17, 15) is 14.7 Å². The summed E-state index contributed by atoms with van der Waals surface area (Å²) in [5, 5.41) is 20.4. The summed E-state index contributed by atoms with van der Waals surface area (Å²) in [6.45, 7) is 1.79. The summed E-state index contributed by atoms with van der Waals surface area (Å²) in [5.41, 5.74) is 1.26. The van der Waals surface area contributed by atoms with E-state index in [2.05, 4.69) is 42.8 Å². The molecule has 1 heterocycles. The largest absolute Gasteiger partial charge is 0.507 e. The minimum absolute atomic E-state index is 0.128. The molecule has 0 saturated carbocycles. The Morgan fingerprint density at radius 3 is 2.91 bits per heavy atom. The molecule has 2 N–H and O–H groups in total. The standard InChI is InChI=1S/C14H12IN3O4S/c1-7-3-9(15)4-8(12(7)20)6-16-18-14-17-13(21)10(23-14)5-11(19)22-2/h3-6,20H,1-2H3,(H,17,18,21)/b10-5+,16-6?. The number of phenolic OH excluding ortho intramolecular Hbond substituents is 1. The lowest BCUT2D eigenvalue weighted by molar-refractivity contribution is -0.135. The van der Waals surface area contributed by atoms with E-state index in [1.54, 1.807) is 13.0 Å². The molecule has 1 amide bonds. The Hall–Kier alpha value is -1.88. The maximum absolute atomic E-state index is 11.6. The highest BCUT2D eigenvalue weighted by atomic mass is 127. The van der Waals surface area contributed by atoms with E-state index in [0.29, 0.717) is 5.56 Å². The third kappa shape index (κ3) is 4.55. The first-order chi connectivity index (χ1) is 10.9.